The van der Waals surface area contributed by atoms with Gasteiger partial charge >= 0.3 is 0 Å². The quantitative estimate of drug-likeness (QED) is 0.864. The van der Waals surface area contributed by atoms with Gasteiger partial charge < -0.3 is 15.0 Å². The first-order valence-corrected chi connectivity index (χ1v) is 7.99. The number of hydrogen-bond acceptors (Lipinski definition) is 3. The fourth-order valence-corrected chi connectivity index (χ4v) is 2.88. The Hall–Kier alpha value is -1.29. The molecule has 0 atom stereocenters. The van der Waals surface area contributed by atoms with E-state index >= 15 is 0 Å². The number of nitrogens with one attached hydrogen (secondary N) is 1. The van der Waals surface area contributed by atoms with Gasteiger partial charge in [-0.15, -0.1) is 0 Å². The minimum absolute atomic E-state index is 0.293. The van der Waals surface area contributed by atoms with Gasteiger partial charge in [-0.3, -0.25) is 0 Å². The van der Waals surface area contributed by atoms with E-state index < -0.39 is 0 Å². The Kier molecular flexibility index (Phi) is 5.85. The van der Waals surface area contributed by atoms with Crippen molar-refractivity contribution >= 4 is 5.69 Å². The summed E-state index contributed by atoms with van der Waals surface area (Å²) in [5, 5.41) is 3.44. The Morgan fingerprint density at radius 1 is 1.33 bits per heavy atom. The van der Waals surface area contributed by atoms with Gasteiger partial charge in [0, 0.05) is 37.4 Å². The second kappa shape index (κ2) is 7.64. The van der Waals surface area contributed by atoms with Crippen LogP contribution < -0.4 is 10.1 Å². The maximum absolute atomic E-state index is 13.8. The summed E-state index contributed by atoms with van der Waals surface area (Å²) in [7, 11) is 0. The summed E-state index contributed by atoms with van der Waals surface area (Å²) in [6.07, 6.45) is 2.23. The summed E-state index contributed by atoms with van der Waals surface area (Å²) >= 11 is 0. The van der Waals surface area contributed by atoms with E-state index in [4.69, 9.17) is 4.74 Å². The Morgan fingerprint density at radius 2 is 2.05 bits per heavy atom. The molecule has 1 heterocycles. The fraction of sp³-hybridized carbons (Fsp3) is 0.647. The number of likely N-dealkylation sites (tertiary alicyclic amines) is 1. The lowest BCUT2D eigenvalue weighted by molar-refractivity contribution is 0.198. The van der Waals surface area contributed by atoms with Crippen molar-refractivity contribution in [2.45, 2.75) is 39.7 Å². The van der Waals surface area contributed by atoms with Gasteiger partial charge in [0.05, 0.1) is 6.61 Å². The van der Waals surface area contributed by atoms with Gasteiger partial charge in [-0.2, -0.15) is 0 Å². The van der Waals surface area contributed by atoms with Crippen LogP contribution >= 0.6 is 0 Å². The first kappa shape index (κ1) is 16.1. The van der Waals surface area contributed by atoms with Crippen LogP contribution in [0.2, 0.25) is 0 Å². The third-order valence-corrected chi connectivity index (χ3v) is 3.81. The fourth-order valence-electron chi connectivity index (χ4n) is 2.88. The van der Waals surface area contributed by atoms with E-state index in [0.29, 0.717) is 18.4 Å². The Morgan fingerprint density at radius 3 is 2.62 bits per heavy atom. The molecule has 1 N–H and O–H groups in total. The minimum atomic E-state index is -0.293. The maximum Gasteiger partial charge on any atom is 0.167 e. The molecule has 1 aliphatic rings. The molecule has 0 unspecified atom stereocenters. The van der Waals surface area contributed by atoms with E-state index in [1.165, 1.54) is 12.6 Å². The number of piperidine rings is 1. The molecule has 3 nitrogen and oxygen atoms in total. The van der Waals surface area contributed by atoms with E-state index in [2.05, 4.69) is 24.1 Å². The van der Waals surface area contributed by atoms with Crippen molar-refractivity contribution in [3.05, 3.63) is 24.0 Å². The predicted octanol–water partition coefficient (Wildman–Crippen LogP) is 3.76. The zero-order valence-corrected chi connectivity index (χ0v) is 13.4. The highest BCUT2D eigenvalue weighted by molar-refractivity contribution is 5.48. The highest BCUT2D eigenvalue weighted by Gasteiger charge is 2.19. The lowest BCUT2D eigenvalue weighted by Crippen LogP contribution is -2.40. The molecule has 0 aromatic heterocycles. The second-order valence-electron chi connectivity index (χ2n) is 6.19. The van der Waals surface area contributed by atoms with Gasteiger partial charge in [-0.1, -0.05) is 13.8 Å². The highest BCUT2D eigenvalue weighted by atomic mass is 19.1. The van der Waals surface area contributed by atoms with Crippen molar-refractivity contribution in [1.82, 2.24) is 4.90 Å². The zero-order chi connectivity index (χ0) is 15.2. The molecule has 1 aromatic carbocycles. The average Bonchev–Trinajstić information content (AvgIpc) is 2.44. The zero-order valence-electron chi connectivity index (χ0n) is 13.4. The maximum atomic E-state index is 13.8. The Balaban J connectivity index is 1.84. The molecule has 0 saturated carbocycles. The monoisotopic (exact) mass is 294 g/mol. The smallest absolute Gasteiger partial charge is 0.167 e. The molecule has 0 radical (unpaired) electrons. The number of halogens is 1. The second-order valence-corrected chi connectivity index (χ2v) is 6.19. The summed E-state index contributed by atoms with van der Waals surface area (Å²) in [6.45, 7) is 10.3. The highest BCUT2D eigenvalue weighted by Crippen LogP contribution is 2.23. The van der Waals surface area contributed by atoms with Crippen LogP contribution in [0.5, 0.6) is 5.75 Å². The van der Waals surface area contributed by atoms with Crippen molar-refractivity contribution in [3.8, 4) is 5.75 Å². The van der Waals surface area contributed by atoms with Crippen LogP contribution in [0.25, 0.3) is 0 Å². The van der Waals surface area contributed by atoms with Crippen LogP contribution in [0, 0.1) is 11.7 Å². The molecular formula is C17H27FN2O. The SMILES string of the molecule is CCOc1ccc(NC2CCN(CC(C)C)CC2)cc1F. The molecule has 2 rings (SSSR count). The topological polar surface area (TPSA) is 24.5 Å². The van der Waals surface area contributed by atoms with Gasteiger partial charge in [-0.05, 0) is 37.8 Å². The number of benzene rings is 1. The van der Waals surface area contributed by atoms with Gasteiger partial charge in [0.15, 0.2) is 11.6 Å². The standard InChI is InChI=1S/C17H27FN2O/c1-4-21-17-6-5-15(11-16(17)18)19-14-7-9-20(10-8-14)12-13(2)3/h5-6,11,13-14,19H,4,7-10,12H2,1-3H3. The normalized spacial score (nSPS) is 17.2. The number of hydrogen-bond donors (Lipinski definition) is 1. The summed E-state index contributed by atoms with van der Waals surface area (Å²) in [4.78, 5) is 2.52. The molecule has 0 aliphatic carbocycles. The first-order valence-electron chi connectivity index (χ1n) is 7.99. The van der Waals surface area contributed by atoms with Gasteiger partial charge in [-0.25, -0.2) is 4.39 Å². The van der Waals surface area contributed by atoms with Crippen molar-refractivity contribution in [1.29, 1.82) is 0 Å². The van der Waals surface area contributed by atoms with Crippen LogP contribution in [0.15, 0.2) is 18.2 Å². The first-order chi connectivity index (χ1) is 10.1. The molecule has 118 valence electrons. The van der Waals surface area contributed by atoms with Gasteiger partial charge in [0.1, 0.15) is 0 Å². The molecule has 0 spiro atoms. The Bertz CT molecular complexity index is 442. The number of ether oxygens (including phenoxy) is 1. The van der Waals surface area contributed by atoms with E-state index in [1.807, 2.05) is 13.0 Å². The number of rotatable bonds is 6. The summed E-state index contributed by atoms with van der Waals surface area (Å²) < 4.78 is 19.0. The lowest BCUT2D eigenvalue weighted by Gasteiger charge is -2.33. The minimum Gasteiger partial charge on any atom is -0.491 e. The van der Waals surface area contributed by atoms with Crippen LogP contribution in [-0.2, 0) is 0 Å². The third kappa shape index (κ3) is 4.88. The van der Waals surface area contributed by atoms with Crippen LogP contribution in [0.4, 0.5) is 10.1 Å². The molecule has 1 aliphatic heterocycles. The van der Waals surface area contributed by atoms with E-state index in [9.17, 15) is 4.39 Å². The number of nitrogens with zero attached hydrogens (tertiary/aromatic N) is 1. The van der Waals surface area contributed by atoms with Crippen molar-refractivity contribution in [2.75, 3.05) is 31.6 Å². The largest absolute Gasteiger partial charge is 0.491 e. The molecule has 0 amide bonds. The molecule has 1 aromatic rings. The summed E-state index contributed by atoms with van der Waals surface area (Å²) in [6, 6.07) is 5.57. The third-order valence-electron chi connectivity index (χ3n) is 3.81. The lowest BCUT2D eigenvalue weighted by atomic mass is 10.0. The van der Waals surface area contributed by atoms with Gasteiger partial charge in [0.2, 0.25) is 0 Å². The van der Waals surface area contributed by atoms with E-state index in [1.54, 1.807) is 6.07 Å². The molecule has 1 fully saturated rings. The molecule has 21 heavy (non-hydrogen) atoms. The Labute approximate surface area is 127 Å². The number of anilines is 1. The van der Waals surface area contributed by atoms with Crippen molar-refractivity contribution < 1.29 is 9.13 Å². The molecular weight excluding hydrogens is 267 g/mol. The predicted molar refractivity (Wildman–Crippen MR) is 85.5 cm³/mol. The molecule has 1 saturated heterocycles. The average molecular weight is 294 g/mol. The summed E-state index contributed by atoms with van der Waals surface area (Å²) in [5.74, 6) is 0.753. The van der Waals surface area contributed by atoms with E-state index in [-0.39, 0.29) is 5.82 Å². The molecule has 4 heteroatoms. The van der Waals surface area contributed by atoms with Crippen molar-refractivity contribution in [3.63, 3.8) is 0 Å². The molecule has 0 bridgehead atoms. The van der Waals surface area contributed by atoms with Crippen molar-refractivity contribution in [2.24, 2.45) is 5.92 Å². The van der Waals surface area contributed by atoms with Crippen LogP contribution in [0.1, 0.15) is 33.6 Å². The van der Waals surface area contributed by atoms with Crippen LogP contribution in [0.3, 0.4) is 0 Å². The van der Waals surface area contributed by atoms with Crippen LogP contribution in [-0.4, -0.2) is 37.2 Å². The summed E-state index contributed by atoms with van der Waals surface area (Å²) in [5.41, 5.74) is 0.846. The van der Waals surface area contributed by atoms with E-state index in [0.717, 1.165) is 37.5 Å². The van der Waals surface area contributed by atoms with Gasteiger partial charge in [0.25, 0.3) is 0 Å².